The highest BCUT2D eigenvalue weighted by molar-refractivity contribution is 5.51. The normalized spacial score (nSPS) is 19.0. The smallest absolute Gasteiger partial charge is 0.120 e. The van der Waals surface area contributed by atoms with Crippen molar-refractivity contribution in [2.45, 2.75) is 103 Å². The van der Waals surface area contributed by atoms with Crippen molar-refractivity contribution in [3.63, 3.8) is 0 Å². The van der Waals surface area contributed by atoms with Crippen molar-refractivity contribution in [3.05, 3.63) is 53.8 Å². The zero-order valence-electron chi connectivity index (χ0n) is 24.9. The SMILES string of the molecule is CCCCCCCCCCCCC1(CCCN(C)CCc2cccc(OC)c2)C(OC)=CC=CC1CC=O. The third-order valence-electron chi connectivity index (χ3n) is 8.42. The van der Waals surface area contributed by atoms with Gasteiger partial charge in [-0.3, -0.25) is 0 Å². The second-order valence-corrected chi connectivity index (χ2v) is 11.2. The second-order valence-electron chi connectivity index (χ2n) is 11.2. The lowest BCUT2D eigenvalue weighted by Crippen LogP contribution is -2.36. The van der Waals surface area contributed by atoms with Gasteiger partial charge in [0.15, 0.2) is 0 Å². The van der Waals surface area contributed by atoms with E-state index in [1.807, 2.05) is 6.07 Å². The Balaban J connectivity index is 1.87. The zero-order chi connectivity index (χ0) is 27.5. The van der Waals surface area contributed by atoms with Crippen molar-refractivity contribution in [2.24, 2.45) is 11.3 Å². The number of allylic oxidation sites excluding steroid dienone is 4. The molecule has 38 heavy (non-hydrogen) atoms. The molecule has 2 unspecified atom stereocenters. The van der Waals surface area contributed by atoms with Gasteiger partial charge < -0.3 is 19.2 Å². The summed E-state index contributed by atoms with van der Waals surface area (Å²) in [6, 6.07) is 8.36. The molecule has 0 radical (unpaired) electrons. The Hall–Kier alpha value is -2.07. The van der Waals surface area contributed by atoms with Gasteiger partial charge in [0.05, 0.1) is 14.2 Å². The molecule has 4 nitrogen and oxygen atoms in total. The summed E-state index contributed by atoms with van der Waals surface area (Å²) in [6.07, 6.45) is 25.8. The zero-order valence-corrected chi connectivity index (χ0v) is 24.9. The highest BCUT2D eigenvalue weighted by Gasteiger charge is 2.42. The molecule has 0 aliphatic heterocycles. The van der Waals surface area contributed by atoms with Crippen LogP contribution in [0.4, 0.5) is 0 Å². The average Bonchev–Trinajstić information content (AvgIpc) is 2.94. The first-order chi connectivity index (χ1) is 18.6. The minimum Gasteiger partial charge on any atom is -0.500 e. The summed E-state index contributed by atoms with van der Waals surface area (Å²) in [6.45, 7) is 4.34. The summed E-state index contributed by atoms with van der Waals surface area (Å²) in [7, 11) is 5.74. The fourth-order valence-electron chi connectivity index (χ4n) is 6.08. The number of hydrogen-bond donors (Lipinski definition) is 0. The summed E-state index contributed by atoms with van der Waals surface area (Å²) in [5, 5.41) is 0. The van der Waals surface area contributed by atoms with Gasteiger partial charge in [0, 0.05) is 18.4 Å². The number of likely N-dealkylation sites (N-methyl/N-ethyl adjacent to an activating group) is 1. The number of ether oxygens (including phenoxy) is 2. The molecule has 2 atom stereocenters. The molecule has 0 N–H and O–H groups in total. The van der Waals surface area contributed by atoms with Gasteiger partial charge in [0.2, 0.25) is 0 Å². The number of methoxy groups -OCH3 is 2. The molecule has 0 fully saturated rings. The van der Waals surface area contributed by atoms with E-state index in [0.717, 1.165) is 56.6 Å². The Morgan fingerprint density at radius 3 is 2.24 bits per heavy atom. The first-order valence-electron chi connectivity index (χ1n) is 15.3. The molecule has 0 spiro atoms. The molecule has 0 aromatic heterocycles. The van der Waals surface area contributed by atoms with Crippen LogP contribution in [0.25, 0.3) is 0 Å². The van der Waals surface area contributed by atoms with Crippen LogP contribution in [0.1, 0.15) is 102 Å². The maximum absolute atomic E-state index is 11.6. The first-order valence-corrected chi connectivity index (χ1v) is 15.3. The van der Waals surface area contributed by atoms with E-state index in [9.17, 15) is 4.79 Å². The Morgan fingerprint density at radius 1 is 0.895 bits per heavy atom. The minimum absolute atomic E-state index is 0.0712. The van der Waals surface area contributed by atoms with Crippen molar-refractivity contribution in [3.8, 4) is 5.75 Å². The molecule has 0 saturated heterocycles. The summed E-state index contributed by atoms with van der Waals surface area (Å²) in [5.41, 5.74) is 1.24. The molecular weight excluding hydrogens is 470 g/mol. The molecule has 0 amide bonds. The van der Waals surface area contributed by atoms with E-state index in [4.69, 9.17) is 9.47 Å². The topological polar surface area (TPSA) is 38.8 Å². The fourth-order valence-corrected chi connectivity index (χ4v) is 6.08. The molecule has 1 aliphatic carbocycles. The maximum Gasteiger partial charge on any atom is 0.120 e. The standard InChI is InChI=1S/C34H55NO3/c1-5-6-7-8-9-10-11-12-13-14-24-34(31(23-28-36)19-16-21-33(34)38-4)25-17-26-35(2)27-22-30-18-15-20-32(29-30)37-3/h15-16,18-21,28-29,31H,5-14,17,22-27H2,1-4H3. The molecule has 4 heteroatoms. The molecule has 0 saturated carbocycles. The minimum atomic E-state index is -0.0712. The van der Waals surface area contributed by atoms with Gasteiger partial charge in [-0.1, -0.05) is 95.4 Å². The highest BCUT2D eigenvalue weighted by Crippen LogP contribution is 2.49. The van der Waals surface area contributed by atoms with Gasteiger partial charge in [-0.05, 0) is 69.0 Å². The van der Waals surface area contributed by atoms with Crippen LogP contribution in [-0.2, 0) is 16.0 Å². The number of hydrogen-bond acceptors (Lipinski definition) is 4. The van der Waals surface area contributed by atoms with Crippen LogP contribution in [0.3, 0.4) is 0 Å². The fraction of sp³-hybridized carbons (Fsp3) is 0.676. The molecule has 2 rings (SSSR count). The molecule has 1 aliphatic rings. The second kappa shape index (κ2) is 19.1. The number of aldehydes is 1. The third-order valence-corrected chi connectivity index (χ3v) is 8.42. The van der Waals surface area contributed by atoms with Gasteiger partial charge >= 0.3 is 0 Å². The maximum atomic E-state index is 11.6. The van der Waals surface area contributed by atoms with E-state index in [1.54, 1.807) is 14.2 Å². The monoisotopic (exact) mass is 525 g/mol. The average molecular weight is 526 g/mol. The van der Waals surface area contributed by atoms with Gasteiger partial charge in [-0.15, -0.1) is 0 Å². The Labute approximate surface area is 233 Å². The van der Waals surface area contributed by atoms with Gasteiger partial charge in [0.25, 0.3) is 0 Å². The summed E-state index contributed by atoms with van der Waals surface area (Å²) >= 11 is 0. The van der Waals surface area contributed by atoms with Crippen LogP contribution in [0.15, 0.2) is 48.3 Å². The Bertz CT molecular complexity index is 833. The van der Waals surface area contributed by atoms with Crippen molar-refractivity contribution in [1.82, 2.24) is 4.90 Å². The van der Waals surface area contributed by atoms with Crippen LogP contribution < -0.4 is 4.74 Å². The van der Waals surface area contributed by atoms with E-state index in [0.29, 0.717) is 6.42 Å². The largest absolute Gasteiger partial charge is 0.500 e. The number of unbranched alkanes of at least 4 members (excludes halogenated alkanes) is 9. The van der Waals surface area contributed by atoms with Crippen LogP contribution in [0, 0.1) is 11.3 Å². The van der Waals surface area contributed by atoms with E-state index in [2.05, 4.69) is 55.3 Å². The van der Waals surface area contributed by atoms with Crippen LogP contribution >= 0.6 is 0 Å². The van der Waals surface area contributed by atoms with Crippen LogP contribution in [0.2, 0.25) is 0 Å². The summed E-state index contributed by atoms with van der Waals surface area (Å²) in [4.78, 5) is 14.1. The lowest BCUT2D eigenvalue weighted by molar-refractivity contribution is -0.109. The summed E-state index contributed by atoms with van der Waals surface area (Å²) in [5.74, 6) is 2.21. The number of carbonyl (C=O) groups is 1. The van der Waals surface area contributed by atoms with Crippen LogP contribution in [-0.4, -0.2) is 45.5 Å². The molecule has 0 heterocycles. The van der Waals surface area contributed by atoms with Crippen molar-refractivity contribution < 1.29 is 14.3 Å². The quantitative estimate of drug-likeness (QED) is 0.112. The molecular formula is C34H55NO3. The van der Waals surface area contributed by atoms with Crippen molar-refractivity contribution in [1.29, 1.82) is 0 Å². The lowest BCUT2D eigenvalue weighted by Gasteiger charge is -2.42. The number of carbonyl (C=O) groups excluding carboxylic acids is 1. The van der Waals surface area contributed by atoms with Gasteiger partial charge in [-0.25, -0.2) is 0 Å². The Morgan fingerprint density at radius 2 is 1.58 bits per heavy atom. The van der Waals surface area contributed by atoms with E-state index in [1.165, 1.54) is 69.8 Å². The van der Waals surface area contributed by atoms with E-state index < -0.39 is 0 Å². The first kappa shape index (κ1) is 32.1. The van der Waals surface area contributed by atoms with E-state index >= 15 is 0 Å². The number of benzene rings is 1. The lowest BCUT2D eigenvalue weighted by atomic mass is 9.64. The summed E-state index contributed by atoms with van der Waals surface area (Å²) < 4.78 is 11.4. The van der Waals surface area contributed by atoms with E-state index in [-0.39, 0.29) is 11.3 Å². The molecule has 1 aromatic carbocycles. The van der Waals surface area contributed by atoms with Gasteiger partial charge in [-0.2, -0.15) is 0 Å². The van der Waals surface area contributed by atoms with Crippen molar-refractivity contribution in [2.75, 3.05) is 34.4 Å². The molecule has 0 bridgehead atoms. The Kier molecular flexibility index (Phi) is 16.1. The van der Waals surface area contributed by atoms with Crippen molar-refractivity contribution >= 4 is 6.29 Å². The number of nitrogens with zero attached hydrogens (tertiary/aromatic N) is 1. The molecule has 214 valence electrons. The predicted molar refractivity (Wildman–Crippen MR) is 161 cm³/mol. The number of rotatable bonds is 22. The molecule has 1 aromatic rings. The predicted octanol–water partition coefficient (Wildman–Crippen LogP) is 8.55. The third kappa shape index (κ3) is 11.0. The van der Waals surface area contributed by atoms with Crippen LogP contribution in [0.5, 0.6) is 5.75 Å². The highest BCUT2D eigenvalue weighted by atomic mass is 16.5. The van der Waals surface area contributed by atoms with Gasteiger partial charge in [0.1, 0.15) is 17.8 Å².